The van der Waals surface area contributed by atoms with Crippen LogP contribution in [0.1, 0.15) is 28.9 Å². The minimum absolute atomic E-state index is 0.000597. The van der Waals surface area contributed by atoms with Gasteiger partial charge in [-0.05, 0) is 39.2 Å². The summed E-state index contributed by atoms with van der Waals surface area (Å²) >= 11 is 0. The largest absolute Gasteiger partial charge is 0.496 e. The number of likely N-dealkylation sites (N-methyl/N-ethyl adjacent to an activating group) is 1. The lowest BCUT2D eigenvalue weighted by Crippen LogP contribution is -2.35. The summed E-state index contributed by atoms with van der Waals surface area (Å²) in [6.45, 7) is 2.89. The average molecular weight is 342 g/mol. The molecule has 1 amide bonds. The van der Waals surface area contributed by atoms with E-state index < -0.39 is 0 Å². The van der Waals surface area contributed by atoms with E-state index in [1.807, 2.05) is 63.5 Å². The number of para-hydroxylation sites is 2. The third-order valence-electron chi connectivity index (χ3n) is 4.01. The first kappa shape index (κ1) is 18.8. The molecule has 0 aliphatic rings. The zero-order valence-electron chi connectivity index (χ0n) is 15.3. The van der Waals surface area contributed by atoms with Crippen LogP contribution in [0.3, 0.4) is 0 Å². The van der Waals surface area contributed by atoms with Crippen LogP contribution in [-0.2, 0) is 0 Å². The van der Waals surface area contributed by atoms with Gasteiger partial charge in [-0.1, -0.05) is 30.3 Å². The number of rotatable bonds is 8. The second-order valence-electron chi connectivity index (χ2n) is 5.86. The number of benzene rings is 2. The Bertz CT molecular complexity index is 701. The number of hydrogen-bond acceptors (Lipinski definition) is 4. The highest BCUT2D eigenvalue weighted by Crippen LogP contribution is 2.27. The number of nitrogens with one attached hydrogen (secondary N) is 1. The third kappa shape index (κ3) is 4.73. The Hall–Kier alpha value is -2.53. The van der Waals surface area contributed by atoms with Gasteiger partial charge >= 0.3 is 0 Å². The molecule has 0 aliphatic carbocycles. The zero-order chi connectivity index (χ0) is 18.2. The maximum atomic E-state index is 12.6. The van der Waals surface area contributed by atoms with E-state index in [9.17, 15) is 4.79 Å². The molecule has 134 valence electrons. The first-order valence-corrected chi connectivity index (χ1v) is 8.37. The molecule has 2 aromatic rings. The number of methoxy groups -OCH3 is 1. The van der Waals surface area contributed by atoms with Crippen molar-refractivity contribution in [2.75, 3.05) is 34.4 Å². The van der Waals surface area contributed by atoms with E-state index >= 15 is 0 Å². The summed E-state index contributed by atoms with van der Waals surface area (Å²) in [6.07, 6.45) is 0. The van der Waals surface area contributed by atoms with E-state index in [-0.39, 0.29) is 11.9 Å². The fraction of sp³-hybridized carbons (Fsp3) is 0.350. The van der Waals surface area contributed by atoms with Crippen molar-refractivity contribution in [3.05, 3.63) is 59.7 Å². The summed E-state index contributed by atoms with van der Waals surface area (Å²) in [5, 5.41) is 3.01. The van der Waals surface area contributed by atoms with Gasteiger partial charge < -0.3 is 19.7 Å². The van der Waals surface area contributed by atoms with Gasteiger partial charge in [-0.2, -0.15) is 0 Å². The van der Waals surface area contributed by atoms with Crippen molar-refractivity contribution in [2.45, 2.75) is 13.0 Å². The predicted molar refractivity (Wildman–Crippen MR) is 99.4 cm³/mol. The third-order valence-corrected chi connectivity index (χ3v) is 4.01. The first-order chi connectivity index (χ1) is 12.1. The number of hydrogen-bond donors (Lipinski definition) is 1. The zero-order valence-corrected chi connectivity index (χ0v) is 15.3. The van der Waals surface area contributed by atoms with E-state index in [2.05, 4.69) is 10.2 Å². The van der Waals surface area contributed by atoms with E-state index in [4.69, 9.17) is 9.47 Å². The smallest absolute Gasteiger partial charge is 0.255 e. The van der Waals surface area contributed by atoms with Crippen molar-refractivity contribution in [2.24, 2.45) is 0 Å². The Morgan fingerprint density at radius 1 is 1.08 bits per heavy atom. The molecule has 1 atom stereocenters. The molecule has 5 heteroatoms. The standard InChI is InChI=1S/C20H26N2O3/c1-5-25-19-13-9-7-11-16(19)20(23)21-14-17(22(2)3)15-10-6-8-12-18(15)24-4/h6-13,17H,5,14H2,1-4H3,(H,21,23). The van der Waals surface area contributed by atoms with E-state index in [1.54, 1.807) is 13.2 Å². The molecule has 0 saturated carbocycles. The molecular weight excluding hydrogens is 316 g/mol. The Morgan fingerprint density at radius 2 is 1.72 bits per heavy atom. The van der Waals surface area contributed by atoms with Crippen LogP contribution in [0.2, 0.25) is 0 Å². The van der Waals surface area contributed by atoms with Gasteiger partial charge in [0.05, 0.1) is 25.3 Å². The second kappa shape index (κ2) is 9.08. The van der Waals surface area contributed by atoms with Crippen LogP contribution in [-0.4, -0.2) is 45.2 Å². The maximum Gasteiger partial charge on any atom is 0.255 e. The molecular formula is C20H26N2O3. The quantitative estimate of drug-likeness (QED) is 0.801. The van der Waals surface area contributed by atoms with Crippen molar-refractivity contribution >= 4 is 5.91 Å². The van der Waals surface area contributed by atoms with Gasteiger partial charge in [0.1, 0.15) is 11.5 Å². The minimum Gasteiger partial charge on any atom is -0.496 e. The van der Waals surface area contributed by atoms with Gasteiger partial charge in [0.15, 0.2) is 0 Å². The highest BCUT2D eigenvalue weighted by molar-refractivity contribution is 5.96. The van der Waals surface area contributed by atoms with Gasteiger partial charge in [-0.15, -0.1) is 0 Å². The SMILES string of the molecule is CCOc1ccccc1C(=O)NCC(c1ccccc1OC)N(C)C. The van der Waals surface area contributed by atoms with Gasteiger partial charge in [0.2, 0.25) is 0 Å². The molecule has 0 radical (unpaired) electrons. The fourth-order valence-electron chi connectivity index (χ4n) is 2.73. The van der Waals surface area contributed by atoms with Crippen molar-refractivity contribution in [3.63, 3.8) is 0 Å². The summed E-state index contributed by atoms with van der Waals surface area (Å²) in [5.74, 6) is 1.26. The van der Waals surface area contributed by atoms with Crippen molar-refractivity contribution in [3.8, 4) is 11.5 Å². The van der Waals surface area contributed by atoms with Crippen LogP contribution < -0.4 is 14.8 Å². The first-order valence-electron chi connectivity index (χ1n) is 8.37. The predicted octanol–water partition coefficient (Wildman–Crippen LogP) is 3.13. The molecule has 0 bridgehead atoms. The van der Waals surface area contributed by atoms with Crippen molar-refractivity contribution in [1.29, 1.82) is 0 Å². The Kier molecular flexibility index (Phi) is 6.83. The number of carbonyl (C=O) groups is 1. The lowest BCUT2D eigenvalue weighted by molar-refractivity contribution is 0.0937. The molecule has 0 heterocycles. The molecule has 0 saturated heterocycles. The number of carbonyl (C=O) groups excluding carboxylic acids is 1. The van der Waals surface area contributed by atoms with Gasteiger partial charge in [-0.3, -0.25) is 4.79 Å². The summed E-state index contributed by atoms with van der Waals surface area (Å²) in [4.78, 5) is 14.7. The van der Waals surface area contributed by atoms with Gasteiger partial charge in [0, 0.05) is 12.1 Å². The molecule has 2 aromatic carbocycles. The number of ether oxygens (including phenoxy) is 2. The molecule has 1 N–H and O–H groups in total. The summed E-state index contributed by atoms with van der Waals surface area (Å²) in [5.41, 5.74) is 1.58. The fourth-order valence-corrected chi connectivity index (χ4v) is 2.73. The summed E-state index contributed by atoms with van der Waals surface area (Å²) < 4.78 is 11.0. The summed E-state index contributed by atoms with van der Waals surface area (Å²) in [7, 11) is 5.62. The highest BCUT2D eigenvalue weighted by atomic mass is 16.5. The Morgan fingerprint density at radius 3 is 2.36 bits per heavy atom. The van der Waals surface area contributed by atoms with Crippen molar-refractivity contribution in [1.82, 2.24) is 10.2 Å². The topological polar surface area (TPSA) is 50.8 Å². The maximum absolute atomic E-state index is 12.6. The molecule has 1 unspecified atom stereocenters. The van der Waals surface area contributed by atoms with Gasteiger partial charge in [-0.25, -0.2) is 0 Å². The lowest BCUT2D eigenvalue weighted by atomic mass is 10.0. The molecule has 25 heavy (non-hydrogen) atoms. The van der Waals surface area contributed by atoms with Crippen LogP contribution >= 0.6 is 0 Å². The molecule has 0 spiro atoms. The minimum atomic E-state index is -0.147. The van der Waals surface area contributed by atoms with E-state index in [0.29, 0.717) is 24.5 Å². The monoisotopic (exact) mass is 342 g/mol. The highest BCUT2D eigenvalue weighted by Gasteiger charge is 2.20. The van der Waals surface area contributed by atoms with Crippen molar-refractivity contribution < 1.29 is 14.3 Å². The van der Waals surface area contributed by atoms with E-state index in [1.165, 1.54) is 0 Å². The molecule has 0 fully saturated rings. The number of amides is 1. The van der Waals surface area contributed by atoms with Crippen LogP contribution in [0.25, 0.3) is 0 Å². The molecule has 5 nitrogen and oxygen atoms in total. The Balaban J connectivity index is 2.15. The molecule has 2 rings (SSSR count). The molecule has 0 aromatic heterocycles. The lowest BCUT2D eigenvalue weighted by Gasteiger charge is -2.26. The molecule has 0 aliphatic heterocycles. The summed E-state index contributed by atoms with van der Waals surface area (Å²) in [6, 6.07) is 15.1. The van der Waals surface area contributed by atoms with Crippen LogP contribution in [0.4, 0.5) is 0 Å². The second-order valence-corrected chi connectivity index (χ2v) is 5.86. The van der Waals surface area contributed by atoms with Gasteiger partial charge in [0.25, 0.3) is 5.91 Å². The van der Waals surface area contributed by atoms with E-state index in [0.717, 1.165) is 11.3 Å². The number of nitrogens with zero attached hydrogens (tertiary/aromatic N) is 1. The van der Waals surface area contributed by atoms with Crippen LogP contribution in [0.5, 0.6) is 11.5 Å². The van der Waals surface area contributed by atoms with Crippen LogP contribution in [0.15, 0.2) is 48.5 Å². The Labute approximate surface area is 149 Å². The average Bonchev–Trinajstić information content (AvgIpc) is 2.62. The normalized spacial score (nSPS) is 11.9. The van der Waals surface area contributed by atoms with Crippen LogP contribution in [0, 0.1) is 0 Å².